The first kappa shape index (κ1) is 17.0. The second-order valence-corrected chi connectivity index (χ2v) is 6.25. The Morgan fingerprint density at radius 3 is 2.18 bits per heavy atom. The maximum absolute atomic E-state index is 9.18. The lowest BCUT2D eigenvalue weighted by Gasteiger charge is -2.38. The van der Waals surface area contributed by atoms with Crippen molar-refractivity contribution in [3.63, 3.8) is 0 Å². The van der Waals surface area contributed by atoms with Gasteiger partial charge in [0.2, 0.25) is 0 Å². The molecule has 17 heavy (non-hydrogen) atoms. The van der Waals surface area contributed by atoms with E-state index in [0.717, 1.165) is 17.7 Å². The van der Waals surface area contributed by atoms with Crippen LogP contribution in [0, 0.1) is 5.41 Å². The molecule has 1 N–H and O–H groups in total. The summed E-state index contributed by atoms with van der Waals surface area (Å²) in [6, 6.07) is 0. The highest BCUT2D eigenvalue weighted by atomic mass is 32.1. The standard InChI is InChI=1S/C12H22O2.C2H6S/c1-8-6-11(12(3,4)5)14-9(2)10(8)7-13;1-2-3/h9,11,13H,6-7H2,1-5H3;3H,2H2,1H3/t9?,11-;/m1./s1. The molecular formula is C14H28O2S. The van der Waals surface area contributed by atoms with E-state index in [1.165, 1.54) is 5.57 Å². The molecule has 0 fully saturated rings. The van der Waals surface area contributed by atoms with E-state index in [1.54, 1.807) is 0 Å². The molecule has 0 amide bonds. The maximum Gasteiger partial charge on any atom is 0.0785 e. The summed E-state index contributed by atoms with van der Waals surface area (Å²) in [6.45, 7) is 12.8. The number of hydrogen-bond acceptors (Lipinski definition) is 3. The third kappa shape index (κ3) is 5.45. The van der Waals surface area contributed by atoms with Crippen LogP contribution in [0.25, 0.3) is 0 Å². The summed E-state index contributed by atoms with van der Waals surface area (Å²) >= 11 is 3.79. The molecule has 1 rings (SSSR count). The Morgan fingerprint density at radius 2 is 1.88 bits per heavy atom. The third-order valence-corrected chi connectivity index (χ3v) is 3.04. The van der Waals surface area contributed by atoms with Gasteiger partial charge >= 0.3 is 0 Å². The lowest BCUT2D eigenvalue weighted by Crippen LogP contribution is -2.37. The zero-order valence-corrected chi connectivity index (χ0v) is 13.0. The molecule has 2 nitrogen and oxygen atoms in total. The van der Waals surface area contributed by atoms with Gasteiger partial charge in [-0.2, -0.15) is 12.6 Å². The zero-order valence-electron chi connectivity index (χ0n) is 12.1. The summed E-state index contributed by atoms with van der Waals surface area (Å²) in [4.78, 5) is 0. The highest BCUT2D eigenvalue weighted by Gasteiger charge is 2.32. The summed E-state index contributed by atoms with van der Waals surface area (Å²) in [5.74, 6) is 0.944. The number of ether oxygens (including phenoxy) is 1. The van der Waals surface area contributed by atoms with Crippen molar-refractivity contribution in [1.29, 1.82) is 0 Å². The minimum atomic E-state index is 0.0676. The van der Waals surface area contributed by atoms with Crippen molar-refractivity contribution in [2.45, 2.75) is 60.2 Å². The van der Waals surface area contributed by atoms with Crippen molar-refractivity contribution in [1.82, 2.24) is 0 Å². The van der Waals surface area contributed by atoms with Crippen molar-refractivity contribution in [2.75, 3.05) is 12.4 Å². The molecule has 102 valence electrons. The monoisotopic (exact) mass is 260 g/mol. The molecule has 1 unspecified atom stereocenters. The van der Waals surface area contributed by atoms with Gasteiger partial charge in [-0.05, 0) is 37.0 Å². The van der Waals surface area contributed by atoms with Crippen molar-refractivity contribution in [3.8, 4) is 0 Å². The second kappa shape index (κ2) is 7.45. The van der Waals surface area contributed by atoms with Crippen molar-refractivity contribution >= 4 is 12.6 Å². The van der Waals surface area contributed by atoms with Gasteiger partial charge in [0.1, 0.15) is 0 Å². The maximum atomic E-state index is 9.18. The Bertz CT molecular complexity index is 253. The normalized spacial score (nSPS) is 25.4. The predicted octanol–water partition coefficient (Wildman–Crippen LogP) is 3.45. The molecule has 0 bridgehead atoms. The van der Waals surface area contributed by atoms with Gasteiger partial charge in [-0.15, -0.1) is 0 Å². The van der Waals surface area contributed by atoms with E-state index in [-0.39, 0.29) is 24.2 Å². The summed E-state index contributed by atoms with van der Waals surface area (Å²) in [6.07, 6.45) is 1.29. The van der Waals surface area contributed by atoms with E-state index in [0.29, 0.717) is 0 Å². The minimum Gasteiger partial charge on any atom is -0.392 e. The fourth-order valence-electron chi connectivity index (χ4n) is 1.91. The fraction of sp³-hybridized carbons (Fsp3) is 0.857. The van der Waals surface area contributed by atoms with Crippen LogP contribution in [-0.2, 0) is 4.74 Å². The van der Waals surface area contributed by atoms with Crippen LogP contribution in [0.5, 0.6) is 0 Å². The van der Waals surface area contributed by atoms with Gasteiger partial charge in [-0.1, -0.05) is 33.3 Å². The molecule has 1 aliphatic rings. The van der Waals surface area contributed by atoms with E-state index >= 15 is 0 Å². The Hall–Kier alpha value is 0.0100. The van der Waals surface area contributed by atoms with Crippen LogP contribution in [0.3, 0.4) is 0 Å². The summed E-state index contributed by atoms with van der Waals surface area (Å²) in [7, 11) is 0. The van der Waals surface area contributed by atoms with Gasteiger partial charge in [-0.3, -0.25) is 0 Å². The number of hydrogen-bond donors (Lipinski definition) is 2. The van der Waals surface area contributed by atoms with Gasteiger partial charge in [0.25, 0.3) is 0 Å². The van der Waals surface area contributed by atoms with Gasteiger partial charge in [0.05, 0.1) is 18.8 Å². The first-order chi connectivity index (χ1) is 7.77. The average Bonchev–Trinajstić information content (AvgIpc) is 2.16. The van der Waals surface area contributed by atoms with E-state index < -0.39 is 0 Å². The molecule has 1 heterocycles. The molecule has 0 aromatic rings. The van der Waals surface area contributed by atoms with Crippen LogP contribution in [0.1, 0.15) is 48.0 Å². The molecule has 0 aliphatic carbocycles. The SMILES string of the molecule is CC1=C(CO)C(C)O[C@@H](C(C)(C)C)C1.CCS. The predicted molar refractivity (Wildman–Crippen MR) is 77.7 cm³/mol. The number of thiol groups is 1. The van der Waals surface area contributed by atoms with Gasteiger partial charge in [0, 0.05) is 0 Å². The molecule has 0 saturated carbocycles. The van der Waals surface area contributed by atoms with E-state index in [9.17, 15) is 5.11 Å². The number of aliphatic hydroxyl groups excluding tert-OH is 1. The van der Waals surface area contributed by atoms with Crippen molar-refractivity contribution in [3.05, 3.63) is 11.1 Å². The van der Waals surface area contributed by atoms with Crippen molar-refractivity contribution in [2.24, 2.45) is 5.41 Å². The molecule has 3 heteroatoms. The summed E-state index contributed by atoms with van der Waals surface area (Å²) < 4.78 is 5.91. The zero-order chi connectivity index (χ0) is 13.6. The Kier molecular flexibility index (Phi) is 7.45. The van der Waals surface area contributed by atoms with E-state index in [4.69, 9.17) is 4.74 Å². The first-order valence-electron chi connectivity index (χ1n) is 6.33. The van der Waals surface area contributed by atoms with Crippen LogP contribution in [0.4, 0.5) is 0 Å². The molecule has 1 aliphatic heterocycles. The molecule has 2 atom stereocenters. The molecule has 0 aromatic heterocycles. The van der Waals surface area contributed by atoms with E-state index in [2.05, 4.69) is 40.3 Å². The minimum absolute atomic E-state index is 0.0676. The van der Waals surface area contributed by atoms with Gasteiger partial charge < -0.3 is 9.84 Å². The van der Waals surface area contributed by atoms with Crippen LogP contribution in [-0.4, -0.2) is 29.7 Å². The molecule has 0 radical (unpaired) electrons. The van der Waals surface area contributed by atoms with Crippen LogP contribution in [0.15, 0.2) is 11.1 Å². The second-order valence-electron chi connectivity index (χ2n) is 5.62. The Labute approximate surface area is 112 Å². The quantitative estimate of drug-likeness (QED) is 0.558. The van der Waals surface area contributed by atoms with Gasteiger partial charge in [0.15, 0.2) is 0 Å². The van der Waals surface area contributed by atoms with Crippen molar-refractivity contribution < 1.29 is 9.84 Å². The third-order valence-electron chi connectivity index (χ3n) is 3.04. The largest absolute Gasteiger partial charge is 0.392 e. The van der Waals surface area contributed by atoms with Crippen LogP contribution in [0.2, 0.25) is 0 Å². The fourth-order valence-corrected chi connectivity index (χ4v) is 1.91. The molecular weight excluding hydrogens is 232 g/mol. The number of rotatable bonds is 1. The lowest BCUT2D eigenvalue weighted by atomic mass is 9.82. The van der Waals surface area contributed by atoms with E-state index in [1.807, 2.05) is 13.8 Å². The Morgan fingerprint density at radius 1 is 1.41 bits per heavy atom. The smallest absolute Gasteiger partial charge is 0.0785 e. The molecule has 0 saturated heterocycles. The topological polar surface area (TPSA) is 29.5 Å². The average molecular weight is 260 g/mol. The number of aliphatic hydroxyl groups is 1. The lowest BCUT2D eigenvalue weighted by molar-refractivity contribution is -0.0575. The first-order valence-corrected chi connectivity index (χ1v) is 6.96. The highest BCUT2D eigenvalue weighted by Crippen LogP contribution is 2.34. The van der Waals surface area contributed by atoms with Crippen LogP contribution >= 0.6 is 12.6 Å². The van der Waals surface area contributed by atoms with Crippen LogP contribution < -0.4 is 0 Å². The highest BCUT2D eigenvalue weighted by molar-refractivity contribution is 7.80. The summed E-state index contributed by atoms with van der Waals surface area (Å²) in [5, 5.41) is 9.18. The molecule has 0 spiro atoms. The Balaban J connectivity index is 0.000000770. The van der Waals surface area contributed by atoms with Gasteiger partial charge in [-0.25, -0.2) is 0 Å². The summed E-state index contributed by atoms with van der Waals surface area (Å²) in [5.41, 5.74) is 2.54. The molecule has 0 aromatic carbocycles.